The third-order valence-corrected chi connectivity index (χ3v) is 1.97. The molecule has 0 fully saturated rings. The Morgan fingerprint density at radius 1 is 1.22 bits per heavy atom. The molecule has 0 spiro atoms. The zero-order chi connectivity index (χ0) is 14.3. The van der Waals surface area contributed by atoms with Crippen molar-refractivity contribution in [2.75, 3.05) is 0 Å². The van der Waals surface area contributed by atoms with Crippen molar-refractivity contribution < 1.29 is 27.9 Å². The summed E-state index contributed by atoms with van der Waals surface area (Å²) in [5.74, 6) is -3.22. The van der Waals surface area contributed by atoms with E-state index in [2.05, 4.69) is 0 Å². The maximum absolute atomic E-state index is 10.7. The van der Waals surface area contributed by atoms with Gasteiger partial charge in [-0.1, -0.05) is 30.3 Å². The molecule has 0 aromatic heterocycles. The largest absolute Gasteiger partial charge is 0.490 e. The minimum absolute atomic E-state index is 0.184. The molecule has 4 nitrogen and oxygen atoms in total. The van der Waals surface area contributed by atoms with Crippen molar-refractivity contribution in [1.82, 2.24) is 0 Å². The van der Waals surface area contributed by atoms with Gasteiger partial charge in [0.2, 0.25) is 5.91 Å². The van der Waals surface area contributed by atoms with Crippen LogP contribution in [0.5, 0.6) is 0 Å². The summed E-state index contributed by atoms with van der Waals surface area (Å²) in [6.45, 7) is 1.80. The van der Waals surface area contributed by atoms with Crippen molar-refractivity contribution >= 4 is 11.9 Å². The number of primary amides is 1. The first-order valence-corrected chi connectivity index (χ1v) is 4.80. The van der Waals surface area contributed by atoms with Gasteiger partial charge < -0.3 is 10.8 Å². The second-order valence-corrected chi connectivity index (χ2v) is 3.34. The molecular weight excluding hydrogens is 251 g/mol. The first kappa shape index (κ1) is 16.0. The van der Waals surface area contributed by atoms with Crippen LogP contribution in [0.4, 0.5) is 13.2 Å². The number of hydrogen-bond acceptors (Lipinski definition) is 2. The molecule has 0 aliphatic carbocycles. The first-order chi connectivity index (χ1) is 8.16. The SMILES string of the molecule is CC(C(N)=O)c1ccccc1.O=C(O)C(F)(F)F. The Balaban J connectivity index is 0.000000360. The lowest BCUT2D eigenvalue weighted by molar-refractivity contribution is -0.192. The fraction of sp³-hybridized carbons (Fsp3) is 0.273. The number of benzene rings is 1. The average Bonchev–Trinajstić information content (AvgIpc) is 2.28. The second kappa shape index (κ2) is 6.63. The molecule has 0 aliphatic heterocycles. The van der Waals surface area contributed by atoms with E-state index in [1.807, 2.05) is 30.3 Å². The van der Waals surface area contributed by atoms with E-state index in [-0.39, 0.29) is 11.8 Å². The molecule has 1 amide bonds. The molecule has 1 aromatic rings. The van der Waals surface area contributed by atoms with Crippen LogP contribution in [-0.2, 0) is 9.59 Å². The molecule has 1 atom stereocenters. The van der Waals surface area contributed by atoms with Gasteiger partial charge in [0.15, 0.2) is 0 Å². The number of carbonyl (C=O) groups is 2. The number of rotatable bonds is 2. The molecule has 1 rings (SSSR count). The van der Waals surface area contributed by atoms with E-state index in [0.717, 1.165) is 5.56 Å². The number of alkyl halides is 3. The highest BCUT2D eigenvalue weighted by atomic mass is 19.4. The van der Waals surface area contributed by atoms with Crippen LogP contribution >= 0.6 is 0 Å². The molecule has 100 valence electrons. The lowest BCUT2D eigenvalue weighted by Crippen LogP contribution is -2.21. The maximum atomic E-state index is 10.7. The van der Waals surface area contributed by atoms with Crippen molar-refractivity contribution in [3.8, 4) is 0 Å². The van der Waals surface area contributed by atoms with Crippen LogP contribution in [0.1, 0.15) is 18.4 Å². The molecule has 3 N–H and O–H groups in total. The Hall–Kier alpha value is -2.05. The highest BCUT2D eigenvalue weighted by molar-refractivity contribution is 5.81. The number of hydrogen-bond donors (Lipinski definition) is 2. The molecule has 0 radical (unpaired) electrons. The summed E-state index contributed by atoms with van der Waals surface area (Å²) in [6.07, 6.45) is -5.08. The van der Waals surface area contributed by atoms with Crippen LogP contribution in [0.2, 0.25) is 0 Å². The van der Waals surface area contributed by atoms with Crippen molar-refractivity contribution in [3.63, 3.8) is 0 Å². The number of amides is 1. The van der Waals surface area contributed by atoms with Crippen molar-refractivity contribution in [2.24, 2.45) is 5.73 Å². The normalized spacial score (nSPS) is 12.0. The van der Waals surface area contributed by atoms with E-state index in [9.17, 15) is 18.0 Å². The topological polar surface area (TPSA) is 80.4 Å². The monoisotopic (exact) mass is 263 g/mol. The highest BCUT2D eigenvalue weighted by Gasteiger charge is 2.38. The molecule has 7 heteroatoms. The smallest absolute Gasteiger partial charge is 0.475 e. The molecule has 1 aromatic carbocycles. The zero-order valence-electron chi connectivity index (χ0n) is 9.44. The van der Waals surface area contributed by atoms with Crippen molar-refractivity contribution in [1.29, 1.82) is 0 Å². The van der Waals surface area contributed by atoms with E-state index in [1.54, 1.807) is 6.92 Å². The molecule has 0 aliphatic rings. The third kappa shape index (κ3) is 5.88. The molecule has 0 heterocycles. The summed E-state index contributed by atoms with van der Waals surface area (Å²) in [4.78, 5) is 19.6. The fourth-order valence-corrected chi connectivity index (χ4v) is 0.906. The Morgan fingerprint density at radius 2 is 1.61 bits per heavy atom. The number of carboxylic acids is 1. The number of halogens is 3. The molecule has 1 unspecified atom stereocenters. The van der Waals surface area contributed by atoms with Crippen LogP contribution in [-0.4, -0.2) is 23.2 Å². The predicted molar refractivity (Wildman–Crippen MR) is 57.7 cm³/mol. The Morgan fingerprint density at radius 3 is 1.89 bits per heavy atom. The third-order valence-electron chi connectivity index (χ3n) is 1.97. The number of aliphatic carboxylic acids is 1. The molecule has 0 bridgehead atoms. The maximum Gasteiger partial charge on any atom is 0.490 e. The van der Waals surface area contributed by atoms with Crippen molar-refractivity contribution in [2.45, 2.75) is 19.0 Å². The van der Waals surface area contributed by atoms with Crippen LogP contribution in [0.3, 0.4) is 0 Å². The van der Waals surface area contributed by atoms with Gasteiger partial charge in [-0.15, -0.1) is 0 Å². The summed E-state index contributed by atoms with van der Waals surface area (Å²) in [5.41, 5.74) is 6.10. The van der Waals surface area contributed by atoms with Gasteiger partial charge >= 0.3 is 12.1 Å². The number of nitrogens with two attached hydrogens (primary N) is 1. The van der Waals surface area contributed by atoms with Gasteiger partial charge in [0.05, 0.1) is 5.92 Å². The lowest BCUT2D eigenvalue weighted by Gasteiger charge is -2.05. The molecule has 0 saturated carbocycles. The van der Waals surface area contributed by atoms with Crippen LogP contribution < -0.4 is 5.73 Å². The van der Waals surface area contributed by atoms with Gasteiger partial charge in [-0.25, -0.2) is 4.79 Å². The van der Waals surface area contributed by atoms with Gasteiger partial charge in [-0.05, 0) is 12.5 Å². The summed E-state index contributed by atoms with van der Waals surface area (Å²) in [5, 5.41) is 7.12. The zero-order valence-corrected chi connectivity index (χ0v) is 9.44. The lowest BCUT2D eigenvalue weighted by atomic mass is 10.0. The van der Waals surface area contributed by atoms with Gasteiger partial charge in [0.1, 0.15) is 0 Å². The minimum atomic E-state index is -5.08. The molecular formula is C11H12F3NO3. The molecule has 0 saturated heterocycles. The van der Waals surface area contributed by atoms with E-state index in [1.165, 1.54) is 0 Å². The quantitative estimate of drug-likeness (QED) is 0.855. The average molecular weight is 263 g/mol. The van der Waals surface area contributed by atoms with Crippen LogP contribution in [0.25, 0.3) is 0 Å². The minimum Gasteiger partial charge on any atom is -0.475 e. The van der Waals surface area contributed by atoms with Crippen molar-refractivity contribution in [3.05, 3.63) is 35.9 Å². The Labute approximate surface area is 101 Å². The van der Waals surface area contributed by atoms with E-state index in [4.69, 9.17) is 15.6 Å². The highest BCUT2D eigenvalue weighted by Crippen LogP contribution is 2.13. The standard InChI is InChI=1S/C9H11NO.C2HF3O2/c1-7(9(10)11)8-5-3-2-4-6-8;3-2(4,5)1(6)7/h2-7H,1H3,(H2,10,11);(H,6,7). The fourth-order valence-electron chi connectivity index (χ4n) is 0.906. The summed E-state index contributed by atoms with van der Waals surface area (Å²) >= 11 is 0. The van der Waals surface area contributed by atoms with Crippen LogP contribution in [0, 0.1) is 0 Å². The predicted octanol–water partition coefficient (Wildman–Crippen LogP) is 1.91. The van der Waals surface area contributed by atoms with Gasteiger partial charge in [-0.2, -0.15) is 13.2 Å². The summed E-state index contributed by atoms with van der Waals surface area (Å²) < 4.78 is 31.7. The Kier molecular flexibility index (Phi) is 5.87. The van der Waals surface area contributed by atoms with Gasteiger partial charge in [0.25, 0.3) is 0 Å². The number of carboxylic acid groups (broad SMARTS) is 1. The van der Waals surface area contributed by atoms with Crippen LogP contribution in [0.15, 0.2) is 30.3 Å². The first-order valence-electron chi connectivity index (χ1n) is 4.80. The van der Waals surface area contributed by atoms with Gasteiger partial charge in [-0.3, -0.25) is 4.79 Å². The molecule has 18 heavy (non-hydrogen) atoms. The second-order valence-electron chi connectivity index (χ2n) is 3.34. The van der Waals surface area contributed by atoms with E-state index < -0.39 is 12.1 Å². The van der Waals surface area contributed by atoms with Gasteiger partial charge in [0, 0.05) is 0 Å². The Bertz CT molecular complexity index is 404. The van der Waals surface area contributed by atoms with E-state index in [0.29, 0.717) is 0 Å². The number of carbonyl (C=O) groups excluding carboxylic acids is 1. The van der Waals surface area contributed by atoms with E-state index >= 15 is 0 Å². The summed E-state index contributed by atoms with van der Waals surface area (Å²) in [6, 6.07) is 9.51. The summed E-state index contributed by atoms with van der Waals surface area (Å²) in [7, 11) is 0.